The summed E-state index contributed by atoms with van der Waals surface area (Å²) in [7, 11) is 0. The molecular weight excluding hydrogens is 450 g/mol. The molecule has 3 aromatic rings. The van der Waals surface area contributed by atoms with Crippen molar-refractivity contribution in [2.24, 2.45) is 5.92 Å². The molecule has 7 nitrogen and oxygen atoms in total. The number of alkyl halides is 1. The van der Waals surface area contributed by atoms with Crippen LogP contribution in [0.25, 0.3) is 16.7 Å². The standard InChI is InChI=1S/C26H30F2N6O/c1-26(35,18-3-4-18)8-5-19-13-23-20(14-30-19)21(17-6-11-33(12-7-17)10-2-9-27)16-34(23)24-22(28)15-31-25(29)32-24/h13-18,35H,2-4,6-7,9-12H2,1H3,(H2,29,31,32). The second-order valence-electron chi connectivity index (χ2n) is 9.77. The van der Waals surface area contributed by atoms with Gasteiger partial charge in [-0.25, -0.2) is 14.4 Å². The predicted octanol–water partition coefficient (Wildman–Crippen LogP) is 3.59. The largest absolute Gasteiger partial charge is 0.378 e. The molecule has 1 aliphatic carbocycles. The number of piperidine rings is 1. The molecule has 0 radical (unpaired) electrons. The number of likely N-dealkylation sites (tertiary alicyclic amines) is 1. The van der Waals surface area contributed by atoms with Gasteiger partial charge in [-0.2, -0.15) is 4.98 Å². The molecule has 9 heteroatoms. The van der Waals surface area contributed by atoms with Gasteiger partial charge in [0.05, 0.1) is 18.4 Å². The predicted molar refractivity (Wildman–Crippen MR) is 130 cm³/mol. The molecule has 3 N–H and O–H groups in total. The Morgan fingerprint density at radius 1 is 1.20 bits per heavy atom. The minimum absolute atomic E-state index is 0.0134. The molecule has 35 heavy (non-hydrogen) atoms. The van der Waals surface area contributed by atoms with Crippen molar-refractivity contribution in [3.05, 3.63) is 41.7 Å². The molecule has 0 aromatic carbocycles. The van der Waals surface area contributed by atoms with E-state index in [1.807, 2.05) is 12.3 Å². The molecule has 184 valence electrons. The van der Waals surface area contributed by atoms with Crippen LogP contribution in [0, 0.1) is 23.6 Å². The van der Waals surface area contributed by atoms with Crippen LogP contribution in [0.5, 0.6) is 0 Å². The fourth-order valence-corrected chi connectivity index (χ4v) is 4.94. The first-order chi connectivity index (χ1) is 16.9. The average Bonchev–Trinajstić information content (AvgIpc) is 3.66. The van der Waals surface area contributed by atoms with E-state index >= 15 is 0 Å². The number of rotatable bonds is 6. The molecule has 2 fully saturated rings. The number of hydrogen-bond donors (Lipinski definition) is 2. The first-order valence-electron chi connectivity index (χ1n) is 12.2. The molecule has 1 saturated carbocycles. The van der Waals surface area contributed by atoms with Crippen molar-refractivity contribution in [3.63, 3.8) is 0 Å². The highest BCUT2D eigenvalue weighted by Gasteiger charge is 2.38. The molecule has 0 spiro atoms. The highest BCUT2D eigenvalue weighted by molar-refractivity contribution is 5.86. The summed E-state index contributed by atoms with van der Waals surface area (Å²) in [6.07, 6.45) is 9.10. The van der Waals surface area contributed by atoms with Gasteiger partial charge in [0.2, 0.25) is 5.95 Å². The Balaban J connectivity index is 1.53. The van der Waals surface area contributed by atoms with Crippen LogP contribution in [0.2, 0.25) is 0 Å². The van der Waals surface area contributed by atoms with Crippen LogP contribution in [0.3, 0.4) is 0 Å². The summed E-state index contributed by atoms with van der Waals surface area (Å²) < 4.78 is 29.1. The molecule has 3 aromatic heterocycles. The van der Waals surface area contributed by atoms with Crippen LogP contribution >= 0.6 is 0 Å². The lowest BCUT2D eigenvalue weighted by Crippen LogP contribution is -2.33. The zero-order valence-electron chi connectivity index (χ0n) is 19.8. The molecule has 0 amide bonds. The van der Waals surface area contributed by atoms with Crippen LogP contribution < -0.4 is 5.73 Å². The Morgan fingerprint density at radius 2 is 1.97 bits per heavy atom. The summed E-state index contributed by atoms with van der Waals surface area (Å²) in [5.41, 5.74) is 7.01. The van der Waals surface area contributed by atoms with E-state index in [-0.39, 0.29) is 30.3 Å². The molecule has 5 rings (SSSR count). The van der Waals surface area contributed by atoms with E-state index in [0.717, 1.165) is 68.0 Å². The number of pyridine rings is 1. The van der Waals surface area contributed by atoms with Crippen molar-refractivity contribution in [2.45, 2.75) is 50.5 Å². The number of anilines is 1. The summed E-state index contributed by atoms with van der Waals surface area (Å²) in [6.45, 7) is 3.98. The molecule has 4 heterocycles. The summed E-state index contributed by atoms with van der Waals surface area (Å²) in [5.74, 6) is 5.90. The minimum Gasteiger partial charge on any atom is -0.378 e. The van der Waals surface area contributed by atoms with Crippen molar-refractivity contribution in [1.29, 1.82) is 0 Å². The number of halogens is 2. The molecular formula is C26H30F2N6O. The zero-order valence-corrected chi connectivity index (χ0v) is 19.8. The van der Waals surface area contributed by atoms with Gasteiger partial charge in [-0.15, -0.1) is 0 Å². The van der Waals surface area contributed by atoms with Crippen molar-refractivity contribution in [3.8, 4) is 17.7 Å². The van der Waals surface area contributed by atoms with Crippen molar-refractivity contribution in [1.82, 2.24) is 24.4 Å². The normalized spacial score (nSPS) is 18.9. The van der Waals surface area contributed by atoms with Crippen molar-refractivity contribution >= 4 is 16.9 Å². The lowest BCUT2D eigenvalue weighted by molar-refractivity contribution is 0.0980. The molecule has 1 atom stereocenters. The van der Waals surface area contributed by atoms with Crippen LogP contribution in [0.15, 0.2) is 24.7 Å². The van der Waals surface area contributed by atoms with Gasteiger partial charge in [0.15, 0.2) is 11.6 Å². The third kappa shape index (κ3) is 5.00. The van der Waals surface area contributed by atoms with Crippen LogP contribution in [0.1, 0.15) is 56.2 Å². The molecule has 1 aliphatic heterocycles. The number of aromatic nitrogens is 4. The van der Waals surface area contributed by atoms with Crippen molar-refractivity contribution in [2.75, 3.05) is 32.0 Å². The minimum atomic E-state index is -1.05. The highest BCUT2D eigenvalue weighted by Crippen LogP contribution is 2.39. The van der Waals surface area contributed by atoms with Crippen LogP contribution in [-0.4, -0.2) is 61.4 Å². The van der Waals surface area contributed by atoms with Gasteiger partial charge >= 0.3 is 0 Å². The van der Waals surface area contributed by atoms with E-state index in [2.05, 4.69) is 31.7 Å². The van der Waals surface area contributed by atoms with Crippen LogP contribution in [0.4, 0.5) is 14.7 Å². The lowest BCUT2D eigenvalue weighted by atomic mass is 9.89. The first kappa shape index (κ1) is 23.6. The molecule has 2 aliphatic rings. The Kier molecular flexibility index (Phi) is 6.43. The second-order valence-corrected chi connectivity index (χ2v) is 9.77. The van der Waals surface area contributed by atoms with Crippen LogP contribution in [-0.2, 0) is 0 Å². The third-order valence-corrected chi connectivity index (χ3v) is 7.14. The smallest absolute Gasteiger partial charge is 0.222 e. The van der Waals surface area contributed by atoms with E-state index in [1.165, 1.54) is 0 Å². The highest BCUT2D eigenvalue weighted by atomic mass is 19.1. The summed E-state index contributed by atoms with van der Waals surface area (Å²) >= 11 is 0. The van der Waals surface area contributed by atoms with Gasteiger partial charge in [0, 0.05) is 24.3 Å². The molecule has 1 saturated heterocycles. The summed E-state index contributed by atoms with van der Waals surface area (Å²) in [5, 5.41) is 11.5. The maximum absolute atomic E-state index is 14.8. The maximum atomic E-state index is 14.8. The van der Waals surface area contributed by atoms with Gasteiger partial charge in [-0.1, -0.05) is 5.92 Å². The summed E-state index contributed by atoms with van der Waals surface area (Å²) in [6, 6.07) is 1.81. The molecule has 0 bridgehead atoms. The number of nitrogens with two attached hydrogens (primary N) is 1. The van der Waals surface area contributed by atoms with Gasteiger partial charge in [-0.3, -0.25) is 8.96 Å². The molecule has 1 unspecified atom stereocenters. The number of aliphatic hydroxyl groups is 1. The SMILES string of the molecule is CC(O)(C#Cc1cc2c(cn1)c(C1CCN(CCCF)CC1)cn2-c1nc(N)ncc1F)C1CC1. The Morgan fingerprint density at radius 3 is 2.69 bits per heavy atom. The van der Waals surface area contributed by atoms with E-state index in [9.17, 15) is 13.9 Å². The van der Waals surface area contributed by atoms with Gasteiger partial charge in [0.25, 0.3) is 0 Å². The summed E-state index contributed by atoms with van der Waals surface area (Å²) in [4.78, 5) is 14.7. The zero-order chi connectivity index (χ0) is 24.6. The fraction of sp³-hybridized carbons (Fsp3) is 0.500. The van der Waals surface area contributed by atoms with E-state index < -0.39 is 11.4 Å². The Labute approximate surface area is 203 Å². The number of nitrogen functional groups attached to an aromatic ring is 1. The van der Waals surface area contributed by atoms with Gasteiger partial charge in [-0.05, 0) is 81.5 Å². The van der Waals surface area contributed by atoms with E-state index in [1.54, 1.807) is 17.7 Å². The van der Waals surface area contributed by atoms with E-state index in [0.29, 0.717) is 12.1 Å². The number of nitrogens with zero attached hydrogens (tertiary/aromatic N) is 5. The maximum Gasteiger partial charge on any atom is 0.222 e. The average molecular weight is 481 g/mol. The quantitative estimate of drug-likeness (QED) is 0.524. The fourth-order valence-electron chi connectivity index (χ4n) is 4.94. The third-order valence-electron chi connectivity index (χ3n) is 7.14. The monoisotopic (exact) mass is 480 g/mol. The lowest BCUT2D eigenvalue weighted by Gasteiger charge is -2.31. The first-order valence-corrected chi connectivity index (χ1v) is 12.2. The van der Waals surface area contributed by atoms with Crippen molar-refractivity contribution < 1.29 is 13.9 Å². The van der Waals surface area contributed by atoms with Gasteiger partial charge in [0.1, 0.15) is 11.3 Å². The Hall–Kier alpha value is -3.09. The Bertz CT molecular complexity index is 1280. The number of fused-ring (bicyclic) bond motifs is 1. The number of hydrogen-bond acceptors (Lipinski definition) is 6. The topological polar surface area (TPSA) is 93.1 Å². The second kappa shape index (κ2) is 9.51. The van der Waals surface area contributed by atoms with Gasteiger partial charge < -0.3 is 15.7 Å². The van der Waals surface area contributed by atoms with E-state index in [4.69, 9.17) is 5.73 Å².